The summed E-state index contributed by atoms with van der Waals surface area (Å²) in [5.41, 5.74) is 3.80. The monoisotopic (exact) mass is 343 g/mol. The lowest BCUT2D eigenvalue weighted by Crippen LogP contribution is -2.57. The number of nitrogens with zero attached hydrogens (tertiary/aromatic N) is 2. The molecule has 1 aromatic heterocycles. The first-order valence-electron chi connectivity index (χ1n) is 8.81. The number of halogens is 1. The number of carbonyl (C=O) groups is 1. The van der Waals surface area contributed by atoms with Gasteiger partial charge in [-0.3, -0.25) is 9.69 Å². The highest BCUT2D eigenvalue weighted by Crippen LogP contribution is 2.22. The summed E-state index contributed by atoms with van der Waals surface area (Å²) < 4.78 is 13.1. The molecule has 5 heteroatoms. The van der Waals surface area contributed by atoms with Crippen LogP contribution in [0.5, 0.6) is 0 Å². The van der Waals surface area contributed by atoms with Gasteiger partial charge in [-0.25, -0.2) is 4.39 Å². The number of piperazine rings is 1. The minimum Gasteiger partial charge on any atom is -0.362 e. The number of aryl methyl sites for hydroxylation is 2. The van der Waals surface area contributed by atoms with E-state index in [-0.39, 0.29) is 23.8 Å². The van der Waals surface area contributed by atoms with Crippen molar-refractivity contribution in [3.63, 3.8) is 0 Å². The number of amides is 1. The van der Waals surface area contributed by atoms with Crippen molar-refractivity contribution in [3.8, 4) is 0 Å². The lowest BCUT2D eigenvalue weighted by atomic mass is 10.0. The van der Waals surface area contributed by atoms with Crippen molar-refractivity contribution in [2.75, 3.05) is 13.1 Å². The molecule has 4 nitrogen and oxygen atoms in total. The number of rotatable bonds is 3. The van der Waals surface area contributed by atoms with Crippen LogP contribution in [-0.4, -0.2) is 45.9 Å². The van der Waals surface area contributed by atoms with E-state index in [4.69, 9.17) is 0 Å². The first-order chi connectivity index (χ1) is 11.8. The number of H-pyrrole nitrogens is 1. The molecule has 1 aromatic carbocycles. The van der Waals surface area contributed by atoms with Crippen LogP contribution >= 0.6 is 0 Å². The van der Waals surface area contributed by atoms with Gasteiger partial charge < -0.3 is 9.88 Å². The number of nitrogens with one attached hydrogen (secondary N) is 1. The van der Waals surface area contributed by atoms with E-state index in [9.17, 15) is 9.18 Å². The lowest BCUT2D eigenvalue weighted by Gasteiger charge is -2.44. The minimum atomic E-state index is -0.210. The Morgan fingerprint density at radius 3 is 2.44 bits per heavy atom. The van der Waals surface area contributed by atoms with Crippen molar-refractivity contribution < 1.29 is 9.18 Å². The molecule has 0 aliphatic carbocycles. The van der Waals surface area contributed by atoms with Gasteiger partial charge in [-0.1, -0.05) is 12.1 Å². The third kappa shape index (κ3) is 3.76. The molecular weight excluding hydrogens is 317 g/mol. The molecule has 2 atom stereocenters. The summed E-state index contributed by atoms with van der Waals surface area (Å²) in [6.07, 6.45) is 0. The Morgan fingerprint density at radius 2 is 1.84 bits per heavy atom. The molecule has 2 heterocycles. The van der Waals surface area contributed by atoms with Crippen molar-refractivity contribution in [2.45, 2.75) is 46.3 Å². The van der Waals surface area contributed by atoms with E-state index in [1.807, 2.05) is 36.9 Å². The van der Waals surface area contributed by atoms with E-state index < -0.39 is 0 Å². The highest BCUT2D eigenvalue weighted by Gasteiger charge is 2.33. The number of hydrogen-bond acceptors (Lipinski definition) is 2. The molecule has 2 aromatic rings. The molecule has 25 heavy (non-hydrogen) atoms. The number of hydrogen-bond donors (Lipinski definition) is 1. The molecule has 1 aliphatic heterocycles. The van der Waals surface area contributed by atoms with Gasteiger partial charge in [-0.05, 0) is 51.5 Å². The maximum Gasteiger partial charge on any atom is 0.256 e. The van der Waals surface area contributed by atoms with Crippen LogP contribution in [0.1, 0.15) is 41.2 Å². The molecule has 1 fully saturated rings. The second-order valence-corrected chi connectivity index (χ2v) is 7.20. The molecule has 1 aliphatic rings. The van der Waals surface area contributed by atoms with Crippen LogP contribution in [0.3, 0.4) is 0 Å². The summed E-state index contributed by atoms with van der Waals surface area (Å²) in [6.45, 7) is 10.4. The summed E-state index contributed by atoms with van der Waals surface area (Å²) >= 11 is 0. The van der Waals surface area contributed by atoms with Crippen LogP contribution in [0.25, 0.3) is 0 Å². The zero-order valence-electron chi connectivity index (χ0n) is 15.3. The third-order valence-electron chi connectivity index (χ3n) is 5.05. The quantitative estimate of drug-likeness (QED) is 0.926. The van der Waals surface area contributed by atoms with Crippen molar-refractivity contribution >= 4 is 5.91 Å². The van der Waals surface area contributed by atoms with E-state index in [0.29, 0.717) is 6.54 Å². The van der Waals surface area contributed by atoms with Crippen molar-refractivity contribution in [3.05, 3.63) is 58.7 Å². The first kappa shape index (κ1) is 17.7. The second kappa shape index (κ2) is 7.00. The van der Waals surface area contributed by atoms with E-state index in [1.54, 1.807) is 0 Å². The van der Waals surface area contributed by atoms with Crippen LogP contribution in [0.2, 0.25) is 0 Å². The average Bonchev–Trinajstić information content (AvgIpc) is 2.90. The van der Waals surface area contributed by atoms with Crippen molar-refractivity contribution in [1.82, 2.24) is 14.8 Å². The van der Waals surface area contributed by atoms with Gasteiger partial charge in [0.2, 0.25) is 0 Å². The SMILES string of the molecule is Cc1cc(C(=O)N2C[C@H](C)N(Cc3ccc(F)cc3)CC2C)c(C)[nH]1. The predicted molar refractivity (Wildman–Crippen MR) is 97.0 cm³/mol. The first-order valence-corrected chi connectivity index (χ1v) is 8.81. The Morgan fingerprint density at radius 1 is 1.16 bits per heavy atom. The van der Waals surface area contributed by atoms with Gasteiger partial charge in [0.1, 0.15) is 5.82 Å². The predicted octanol–water partition coefficient (Wildman–Crippen LogP) is 3.51. The molecule has 0 spiro atoms. The van der Waals surface area contributed by atoms with Gasteiger partial charge >= 0.3 is 0 Å². The zero-order chi connectivity index (χ0) is 18.1. The van der Waals surface area contributed by atoms with Crippen LogP contribution in [0.15, 0.2) is 30.3 Å². The fraction of sp³-hybridized carbons (Fsp3) is 0.450. The summed E-state index contributed by atoms with van der Waals surface area (Å²) in [4.78, 5) is 20.5. The van der Waals surface area contributed by atoms with Crippen LogP contribution in [0, 0.1) is 19.7 Å². The van der Waals surface area contributed by atoms with Crippen LogP contribution in [-0.2, 0) is 6.54 Å². The van der Waals surface area contributed by atoms with Gasteiger partial charge in [-0.15, -0.1) is 0 Å². The normalized spacial score (nSPS) is 21.6. The maximum atomic E-state index is 13.1. The Balaban J connectivity index is 1.70. The number of carbonyl (C=O) groups excluding carboxylic acids is 1. The number of aromatic amines is 1. The molecule has 1 N–H and O–H groups in total. The highest BCUT2D eigenvalue weighted by atomic mass is 19.1. The largest absolute Gasteiger partial charge is 0.362 e. The number of aromatic nitrogens is 1. The molecule has 1 unspecified atom stereocenters. The third-order valence-corrected chi connectivity index (χ3v) is 5.05. The Kier molecular flexibility index (Phi) is 4.95. The van der Waals surface area contributed by atoms with E-state index in [1.165, 1.54) is 12.1 Å². The summed E-state index contributed by atoms with van der Waals surface area (Å²) in [6, 6.07) is 8.98. The zero-order valence-corrected chi connectivity index (χ0v) is 15.3. The maximum absolute atomic E-state index is 13.1. The fourth-order valence-corrected chi connectivity index (χ4v) is 3.63. The topological polar surface area (TPSA) is 39.3 Å². The van der Waals surface area contributed by atoms with E-state index >= 15 is 0 Å². The van der Waals surface area contributed by atoms with E-state index in [0.717, 1.165) is 35.6 Å². The molecule has 1 saturated heterocycles. The van der Waals surface area contributed by atoms with Crippen LogP contribution in [0.4, 0.5) is 4.39 Å². The average molecular weight is 343 g/mol. The van der Waals surface area contributed by atoms with Crippen LogP contribution < -0.4 is 0 Å². The molecule has 0 saturated carbocycles. The Bertz CT molecular complexity index is 753. The highest BCUT2D eigenvalue weighted by molar-refractivity contribution is 5.96. The minimum absolute atomic E-state index is 0.0997. The van der Waals surface area contributed by atoms with Gasteiger partial charge in [0.15, 0.2) is 0 Å². The Labute approximate surface area is 148 Å². The summed E-state index contributed by atoms with van der Waals surface area (Å²) in [5.74, 6) is -0.111. The molecule has 1 amide bonds. The van der Waals surface area contributed by atoms with Crippen molar-refractivity contribution in [1.29, 1.82) is 0 Å². The van der Waals surface area contributed by atoms with Gasteiger partial charge in [-0.2, -0.15) is 0 Å². The van der Waals surface area contributed by atoms with Gasteiger partial charge in [0.25, 0.3) is 5.91 Å². The van der Waals surface area contributed by atoms with E-state index in [2.05, 4.69) is 23.7 Å². The lowest BCUT2D eigenvalue weighted by molar-refractivity contribution is 0.0290. The summed E-state index contributed by atoms with van der Waals surface area (Å²) in [7, 11) is 0. The van der Waals surface area contributed by atoms with Gasteiger partial charge in [0, 0.05) is 43.1 Å². The summed E-state index contributed by atoms with van der Waals surface area (Å²) in [5, 5.41) is 0. The molecule has 134 valence electrons. The number of benzene rings is 1. The molecule has 0 radical (unpaired) electrons. The smallest absolute Gasteiger partial charge is 0.256 e. The fourth-order valence-electron chi connectivity index (χ4n) is 3.63. The Hall–Kier alpha value is -2.14. The van der Waals surface area contributed by atoms with Crippen molar-refractivity contribution in [2.24, 2.45) is 0 Å². The standard InChI is InChI=1S/C20H26FN3O/c1-13-9-19(16(4)22-13)20(25)24-11-14(2)23(10-15(24)3)12-17-5-7-18(21)8-6-17/h5-9,14-15,22H,10-12H2,1-4H3/t14-,15?/m0/s1. The molecular formula is C20H26FN3O. The molecule has 3 rings (SSSR count). The van der Waals surface area contributed by atoms with Gasteiger partial charge in [0.05, 0.1) is 5.56 Å². The molecule has 0 bridgehead atoms. The second-order valence-electron chi connectivity index (χ2n) is 7.20.